The number of hydrogen-bond donors (Lipinski definition) is 2. The molecular weight excluding hydrogens is 691 g/mol. The number of rotatable bonds is 8. The number of halogens is 3. The van der Waals surface area contributed by atoms with Crippen molar-refractivity contribution in [3.63, 3.8) is 0 Å². The van der Waals surface area contributed by atoms with Crippen molar-refractivity contribution in [3.8, 4) is 5.75 Å². The van der Waals surface area contributed by atoms with Gasteiger partial charge in [-0.1, -0.05) is 41.3 Å². The number of ketones is 1. The standard InChI is InChI=1S/C36H43B2F3N6O6/c37-27-19-23(20-28(38)32(27)49)21-30(33(50)45-10-6-25(7-11-45)44-17-15-43(16-18-44)22-31(48)36(39,40)41)53-35(52)46-12-8-26(9-13-46)47-14-5-24-3-1-2-4-29(24)42-34(47)51/h1-4,19-20,25-26,30,49H,5-18,21-22H2,(H,42,51)/t30-/m1/s1. The number of phenolic OH excluding ortho intramolecular Hbond substituents is 1. The quantitative estimate of drug-likeness (QED) is 0.390. The monoisotopic (exact) mass is 734 g/mol. The molecule has 4 heterocycles. The van der Waals surface area contributed by atoms with Gasteiger partial charge >= 0.3 is 18.3 Å². The third-order valence-corrected chi connectivity index (χ3v) is 10.9. The zero-order valence-electron chi connectivity index (χ0n) is 29.5. The van der Waals surface area contributed by atoms with Crippen LogP contribution in [-0.2, 0) is 27.2 Å². The number of benzene rings is 2. The summed E-state index contributed by atoms with van der Waals surface area (Å²) in [6.07, 6.45) is -3.67. The molecular formula is C36H43B2F3N6O6. The average Bonchev–Trinajstić information content (AvgIpc) is 3.31. The zero-order chi connectivity index (χ0) is 37.9. The molecule has 0 saturated carbocycles. The molecule has 0 aromatic heterocycles. The minimum Gasteiger partial charge on any atom is -0.509 e. The van der Waals surface area contributed by atoms with Gasteiger partial charge in [0.05, 0.1) is 6.54 Å². The van der Waals surface area contributed by atoms with Crippen LogP contribution in [-0.4, -0.2) is 159 Å². The van der Waals surface area contributed by atoms with E-state index in [4.69, 9.17) is 20.4 Å². The highest BCUT2D eigenvalue weighted by Crippen LogP contribution is 2.26. The van der Waals surface area contributed by atoms with Crippen LogP contribution < -0.4 is 16.2 Å². The van der Waals surface area contributed by atoms with Crippen LogP contribution in [0.5, 0.6) is 5.75 Å². The summed E-state index contributed by atoms with van der Waals surface area (Å²) < 4.78 is 44.1. The van der Waals surface area contributed by atoms with Crippen molar-refractivity contribution < 1.29 is 42.2 Å². The van der Waals surface area contributed by atoms with Gasteiger partial charge in [-0.2, -0.15) is 13.2 Å². The van der Waals surface area contributed by atoms with E-state index in [1.165, 1.54) is 17.0 Å². The Morgan fingerprint density at radius 3 is 2.11 bits per heavy atom. The lowest BCUT2D eigenvalue weighted by Crippen LogP contribution is -2.56. The highest BCUT2D eigenvalue weighted by atomic mass is 19.4. The van der Waals surface area contributed by atoms with E-state index in [0.29, 0.717) is 96.6 Å². The Morgan fingerprint density at radius 1 is 0.868 bits per heavy atom. The van der Waals surface area contributed by atoms with Crippen LogP contribution in [0.15, 0.2) is 36.4 Å². The number of phenols is 1. The van der Waals surface area contributed by atoms with E-state index in [1.807, 2.05) is 29.2 Å². The molecule has 2 N–H and O–H groups in total. The summed E-state index contributed by atoms with van der Waals surface area (Å²) in [6.45, 7) is 3.07. The number of carbonyl (C=O) groups excluding carboxylic acids is 4. The summed E-state index contributed by atoms with van der Waals surface area (Å²) in [5, 5.41) is 13.1. The van der Waals surface area contributed by atoms with Crippen molar-refractivity contribution in [2.24, 2.45) is 0 Å². The van der Waals surface area contributed by atoms with Gasteiger partial charge in [0.25, 0.3) is 5.91 Å². The number of likely N-dealkylation sites (tertiary alicyclic amines) is 2. The third kappa shape index (κ3) is 9.29. The summed E-state index contributed by atoms with van der Waals surface area (Å²) in [6, 6.07) is 10.6. The highest BCUT2D eigenvalue weighted by Gasteiger charge is 2.40. The summed E-state index contributed by atoms with van der Waals surface area (Å²) in [5.41, 5.74) is 2.44. The van der Waals surface area contributed by atoms with Crippen molar-refractivity contribution in [1.82, 2.24) is 24.5 Å². The molecule has 280 valence electrons. The molecule has 2 aromatic rings. The van der Waals surface area contributed by atoms with Gasteiger partial charge in [0, 0.05) is 83.1 Å². The summed E-state index contributed by atoms with van der Waals surface area (Å²) in [5.74, 6) is -2.40. The molecule has 1 atom stereocenters. The Hall–Kier alpha value is -4.24. The number of nitrogens with zero attached hydrogens (tertiary/aromatic N) is 5. The molecule has 0 unspecified atom stereocenters. The van der Waals surface area contributed by atoms with Crippen LogP contribution in [0.3, 0.4) is 0 Å². The molecule has 0 spiro atoms. The molecule has 17 heteroatoms. The molecule has 2 aromatic carbocycles. The van der Waals surface area contributed by atoms with Gasteiger partial charge in [-0.05, 0) is 49.3 Å². The number of fused-ring (bicyclic) bond motifs is 1. The van der Waals surface area contributed by atoms with E-state index in [9.17, 15) is 37.5 Å². The number of carbonyl (C=O) groups is 4. The molecule has 4 aliphatic heterocycles. The van der Waals surface area contributed by atoms with E-state index in [0.717, 1.165) is 11.3 Å². The highest BCUT2D eigenvalue weighted by molar-refractivity contribution is 6.41. The fourth-order valence-electron chi connectivity index (χ4n) is 7.78. The molecule has 4 amide bonds. The second kappa shape index (κ2) is 16.4. The van der Waals surface area contributed by atoms with Crippen LogP contribution in [0.4, 0.5) is 28.4 Å². The van der Waals surface area contributed by atoms with E-state index in [2.05, 4.69) is 10.2 Å². The fourth-order valence-corrected chi connectivity index (χ4v) is 7.78. The fraction of sp³-hybridized carbons (Fsp3) is 0.556. The predicted octanol–water partition coefficient (Wildman–Crippen LogP) is 1.32. The van der Waals surface area contributed by atoms with E-state index >= 15 is 0 Å². The smallest absolute Gasteiger partial charge is 0.451 e. The maximum atomic E-state index is 14.0. The second-order valence-corrected chi connectivity index (χ2v) is 14.2. The lowest BCUT2D eigenvalue weighted by Gasteiger charge is -2.43. The van der Waals surface area contributed by atoms with Gasteiger partial charge in [-0.25, -0.2) is 9.59 Å². The Labute approximate surface area is 309 Å². The van der Waals surface area contributed by atoms with Crippen LogP contribution in [0.25, 0.3) is 0 Å². The Bertz CT molecular complexity index is 1650. The summed E-state index contributed by atoms with van der Waals surface area (Å²) >= 11 is 0. The number of alkyl halides is 3. The van der Waals surface area contributed by atoms with Gasteiger partial charge in [0.1, 0.15) is 21.4 Å². The number of nitrogens with one attached hydrogen (secondary N) is 1. The van der Waals surface area contributed by atoms with E-state index in [-0.39, 0.29) is 47.1 Å². The first-order valence-electron chi connectivity index (χ1n) is 18.1. The van der Waals surface area contributed by atoms with Gasteiger partial charge < -0.3 is 29.9 Å². The molecule has 0 bridgehead atoms. The third-order valence-electron chi connectivity index (χ3n) is 10.9. The predicted molar refractivity (Wildman–Crippen MR) is 192 cm³/mol. The second-order valence-electron chi connectivity index (χ2n) is 14.2. The maximum absolute atomic E-state index is 14.0. The van der Waals surface area contributed by atoms with Crippen LogP contribution in [0.1, 0.15) is 36.8 Å². The van der Waals surface area contributed by atoms with Gasteiger partial charge in [-0.15, -0.1) is 0 Å². The number of anilines is 1. The van der Waals surface area contributed by atoms with E-state index in [1.54, 1.807) is 9.80 Å². The van der Waals surface area contributed by atoms with Crippen molar-refractivity contribution in [1.29, 1.82) is 0 Å². The first-order valence-corrected chi connectivity index (χ1v) is 18.1. The Morgan fingerprint density at radius 2 is 1.47 bits per heavy atom. The van der Waals surface area contributed by atoms with Crippen LogP contribution in [0.2, 0.25) is 0 Å². The number of urea groups is 1. The molecule has 3 fully saturated rings. The van der Waals surface area contributed by atoms with Crippen molar-refractivity contribution in [2.45, 2.75) is 62.9 Å². The van der Waals surface area contributed by atoms with Crippen molar-refractivity contribution >= 4 is 56.1 Å². The van der Waals surface area contributed by atoms with Gasteiger partial charge in [0.15, 0.2) is 6.10 Å². The first kappa shape index (κ1) is 38.5. The largest absolute Gasteiger partial charge is 0.509 e. The van der Waals surface area contributed by atoms with Crippen molar-refractivity contribution in [3.05, 3.63) is 47.5 Å². The zero-order valence-corrected chi connectivity index (χ0v) is 29.5. The van der Waals surface area contributed by atoms with Gasteiger partial charge in [-0.3, -0.25) is 19.4 Å². The molecule has 3 saturated heterocycles. The normalized spacial score (nSPS) is 20.4. The lowest BCUT2D eigenvalue weighted by molar-refractivity contribution is -0.172. The topological polar surface area (TPSA) is 126 Å². The molecule has 4 aliphatic rings. The summed E-state index contributed by atoms with van der Waals surface area (Å²) in [4.78, 5) is 60.8. The molecule has 0 aliphatic carbocycles. The number of piperidine rings is 2. The van der Waals surface area contributed by atoms with Crippen LogP contribution >= 0.6 is 0 Å². The van der Waals surface area contributed by atoms with Gasteiger partial charge in [0.2, 0.25) is 5.78 Å². The van der Waals surface area contributed by atoms with Crippen molar-refractivity contribution in [2.75, 3.05) is 70.8 Å². The van der Waals surface area contributed by atoms with Crippen LogP contribution in [0, 0.1) is 0 Å². The Kier molecular flexibility index (Phi) is 11.9. The number of hydrogen-bond acceptors (Lipinski definition) is 8. The molecule has 53 heavy (non-hydrogen) atoms. The Balaban J connectivity index is 1.05. The number of para-hydroxylation sites is 1. The number of amides is 4. The number of ether oxygens (including phenoxy) is 1. The minimum absolute atomic E-state index is 0.0250. The number of aromatic hydroxyl groups is 1. The lowest BCUT2D eigenvalue weighted by atomic mass is 9.83. The molecule has 6 rings (SSSR count). The molecule has 12 nitrogen and oxygen atoms in total. The summed E-state index contributed by atoms with van der Waals surface area (Å²) in [7, 11) is 11.9. The number of Topliss-reactive ketones (excluding diaryl/α,β-unsaturated/α-hetero) is 1. The molecule has 4 radical (unpaired) electrons. The maximum Gasteiger partial charge on any atom is 0.451 e. The minimum atomic E-state index is -4.85. The average molecular weight is 734 g/mol. The first-order chi connectivity index (χ1) is 25.3. The van der Waals surface area contributed by atoms with E-state index < -0.39 is 30.7 Å². The SMILES string of the molecule is [B]c1cc(C[C@@H](OC(=O)N2CCC(N3CCc4ccccc4NC3=O)CC2)C(=O)N2CCC(N3CCN(CC(=O)C(F)(F)F)CC3)CC2)cc([B])c1O. The number of piperazine rings is 1.